The molecule has 1 N–H and O–H groups in total. The molecule has 1 aliphatic rings. The minimum atomic E-state index is 0.186. The number of hydrogen-bond donors (Lipinski definition) is 1. The number of rotatable bonds is 3. The van der Waals surface area contributed by atoms with Crippen LogP contribution in [0.4, 0.5) is 0 Å². The molecule has 110 valence electrons. The maximum Gasteiger partial charge on any atom is 0.161 e. The molecule has 0 bridgehead atoms. The predicted octanol–water partition coefficient (Wildman–Crippen LogP) is 3.70. The molecule has 2 aromatic rings. The highest BCUT2D eigenvalue weighted by molar-refractivity contribution is 9.10. The highest BCUT2D eigenvalue weighted by Gasteiger charge is 2.23. The quantitative estimate of drug-likeness (QED) is 0.918. The summed E-state index contributed by atoms with van der Waals surface area (Å²) >= 11 is 3.55. The summed E-state index contributed by atoms with van der Waals surface area (Å²) in [6.07, 6.45) is 1.00. The molecule has 1 aliphatic heterocycles. The second-order valence-electron chi connectivity index (χ2n) is 5.10. The Balaban J connectivity index is 2.09. The molecule has 0 unspecified atom stereocenters. The average molecular weight is 348 g/mol. The molecule has 0 radical (unpaired) electrons. The molecule has 21 heavy (non-hydrogen) atoms. The molecular formula is C17H18BrNO2. The summed E-state index contributed by atoms with van der Waals surface area (Å²) in [5.74, 6) is 1.58. The van der Waals surface area contributed by atoms with Crippen LogP contribution in [0.2, 0.25) is 0 Å². The Morgan fingerprint density at radius 1 is 1.10 bits per heavy atom. The molecular weight excluding hydrogens is 330 g/mol. The fourth-order valence-corrected chi connectivity index (χ4v) is 3.28. The summed E-state index contributed by atoms with van der Waals surface area (Å²) in [5, 5.41) is 3.59. The molecule has 0 saturated carbocycles. The molecule has 0 fully saturated rings. The van der Waals surface area contributed by atoms with Crippen LogP contribution in [0, 0.1) is 0 Å². The van der Waals surface area contributed by atoms with Gasteiger partial charge in [-0.05, 0) is 47.4 Å². The van der Waals surface area contributed by atoms with Crippen molar-refractivity contribution in [1.82, 2.24) is 5.32 Å². The maximum atomic E-state index is 5.45. The van der Waals surface area contributed by atoms with E-state index in [0.29, 0.717) is 0 Å². The molecule has 1 atom stereocenters. The summed E-state index contributed by atoms with van der Waals surface area (Å²) in [7, 11) is 3.35. The second kappa shape index (κ2) is 6.08. The second-order valence-corrected chi connectivity index (χ2v) is 6.01. The summed E-state index contributed by atoms with van der Waals surface area (Å²) in [5.41, 5.74) is 3.82. The summed E-state index contributed by atoms with van der Waals surface area (Å²) in [4.78, 5) is 0. The number of ether oxygens (including phenoxy) is 2. The Morgan fingerprint density at radius 2 is 1.86 bits per heavy atom. The lowest BCUT2D eigenvalue weighted by Gasteiger charge is -2.28. The lowest BCUT2D eigenvalue weighted by molar-refractivity contribution is 0.353. The van der Waals surface area contributed by atoms with E-state index in [0.717, 1.165) is 28.9 Å². The van der Waals surface area contributed by atoms with Crippen LogP contribution in [-0.4, -0.2) is 20.8 Å². The van der Waals surface area contributed by atoms with Crippen LogP contribution in [-0.2, 0) is 6.42 Å². The Bertz CT molecular complexity index is 657. The normalized spacial score (nSPS) is 17.2. The van der Waals surface area contributed by atoms with Crippen molar-refractivity contribution in [3.05, 3.63) is 57.6 Å². The van der Waals surface area contributed by atoms with E-state index in [1.54, 1.807) is 14.2 Å². The third-order valence-corrected chi connectivity index (χ3v) is 4.37. The highest BCUT2D eigenvalue weighted by Crippen LogP contribution is 2.37. The van der Waals surface area contributed by atoms with E-state index >= 15 is 0 Å². The topological polar surface area (TPSA) is 30.5 Å². The number of benzene rings is 2. The first-order valence-corrected chi connectivity index (χ1v) is 7.76. The summed E-state index contributed by atoms with van der Waals surface area (Å²) in [6.45, 7) is 0.958. The standard InChI is InChI=1S/C17H18BrNO2/c1-20-15-9-11-6-7-19-17(14(11)10-16(15)21-2)12-4-3-5-13(18)8-12/h3-5,8-10,17,19H,6-7H2,1-2H3/t17-/m1/s1. The van der Waals surface area contributed by atoms with Crippen molar-refractivity contribution in [2.45, 2.75) is 12.5 Å². The van der Waals surface area contributed by atoms with Gasteiger partial charge in [0.15, 0.2) is 11.5 Å². The fraction of sp³-hybridized carbons (Fsp3) is 0.294. The lowest BCUT2D eigenvalue weighted by atomic mass is 9.89. The fourth-order valence-electron chi connectivity index (χ4n) is 2.87. The number of fused-ring (bicyclic) bond motifs is 1. The Hall–Kier alpha value is -1.52. The van der Waals surface area contributed by atoms with E-state index < -0.39 is 0 Å². The Morgan fingerprint density at radius 3 is 2.57 bits per heavy atom. The first-order chi connectivity index (χ1) is 10.2. The molecule has 0 amide bonds. The van der Waals surface area contributed by atoms with Crippen LogP contribution in [0.3, 0.4) is 0 Å². The van der Waals surface area contributed by atoms with Crippen LogP contribution in [0.1, 0.15) is 22.7 Å². The van der Waals surface area contributed by atoms with Crippen LogP contribution in [0.25, 0.3) is 0 Å². The van der Waals surface area contributed by atoms with E-state index in [2.05, 4.69) is 51.6 Å². The first kappa shape index (κ1) is 14.4. The molecule has 2 aromatic carbocycles. The van der Waals surface area contributed by atoms with Crippen molar-refractivity contribution in [1.29, 1.82) is 0 Å². The van der Waals surface area contributed by atoms with E-state index in [9.17, 15) is 0 Å². The minimum Gasteiger partial charge on any atom is -0.493 e. The SMILES string of the molecule is COc1cc2c(cc1OC)[C@@H](c1cccc(Br)c1)NCC2. The van der Waals surface area contributed by atoms with Gasteiger partial charge in [0.05, 0.1) is 20.3 Å². The predicted molar refractivity (Wildman–Crippen MR) is 87.2 cm³/mol. The van der Waals surface area contributed by atoms with Gasteiger partial charge in [-0.15, -0.1) is 0 Å². The van der Waals surface area contributed by atoms with Gasteiger partial charge >= 0.3 is 0 Å². The third-order valence-electron chi connectivity index (χ3n) is 3.88. The molecule has 4 heteroatoms. The van der Waals surface area contributed by atoms with Crippen molar-refractivity contribution in [3.8, 4) is 11.5 Å². The molecule has 1 heterocycles. The number of hydrogen-bond acceptors (Lipinski definition) is 3. The van der Waals surface area contributed by atoms with Crippen LogP contribution in [0.15, 0.2) is 40.9 Å². The lowest BCUT2D eigenvalue weighted by Crippen LogP contribution is -2.30. The van der Waals surface area contributed by atoms with Gasteiger partial charge in [0.25, 0.3) is 0 Å². The zero-order valence-corrected chi connectivity index (χ0v) is 13.7. The van der Waals surface area contributed by atoms with Gasteiger partial charge in [0, 0.05) is 11.0 Å². The first-order valence-electron chi connectivity index (χ1n) is 6.96. The maximum absolute atomic E-state index is 5.45. The highest BCUT2D eigenvalue weighted by atomic mass is 79.9. The molecule has 3 rings (SSSR count). The van der Waals surface area contributed by atoms with Crippen molar-refractivity contribution in [3.63, 3.8) is 0 Å². The van der Waals surface area contributed by atoms with Crippen molar-refractivity contribution >= 4 is 15.9 Å². The molecule has 0 aromatic heterocycles. The van der Waals surface area contributed by atoms with Crippen LogP contribution in [0.5, 0.6) is 11.5 Å². The Labute approximate surface area is 133 Å². The van der Waals surface area contributed by atoms with Crippen molar-refractivity contribution in [2.24, 2.45) is 0 Å². The van der Waals surface area contributed by atoms with Crippen LogP contribution >= 0.6 is 15.9 Å². The molecule has 3 nitrogen and oxygen atoms in total. The van der Waals surface area contributed by atoms with E-state index in [1.165, 1.54) is 16.7 Å². The number of nitrogens with one attached hydrogen (secondary N) is 1. The third kappa shape index (κ3) is 2.78. The smallest absolute Gasteiger partial charge is 0.161 e. The van der Waals surface area contributed by atoms with Crippen LogP contribution < -0.4 is 14.8 Å². The largest absolute Gasteiger partial charge is 0.493 e. The number of halogens is 1. The van der Waals surface area contributed by atoms with Gasteiger partial charge in [-0.1, -0.05) is 28.1 Å². The van der Waals surface area contributed by atoms with E-state index in [-0.39, 0.29) is 6.04 Å². The molecule has 0 saturated heterocycles. The van der Waals surface area contributed by atoms with Gasteiger partial charge in [-0.3, -0.25) is 0 Å². The molecule has 0 spiro atoms. The zero-order valence-electron chi connectivity index (χ0n) is 12.2. The van der Waals surface area contributed by atoms with E-state index in [1.807, 2.05) is 6.07 Å². The van der Waals surface area contributed by atoms with Crippen molar-refractivity contribution in [2.75, 3.05) is 20.8 Å². The monoisotopic (exact) mass is 347 g/mol. The number of methoxy groups -OCH3 is 2. The minimum absolute atomic E-state index is 0.186. The van der Waals surface area contributed by atoms with Gasteiger partial charge in [0.2, 0.25) is 0 Å². The van der Waals surface area contributed by atoms with Gasteiger partial charge in [-0.25, -0.2) is 0 Å². The zero-order chi connectivity index (χ0) is 14.8. The van der Waals surface area contributed by atoms with Gasteiger partial charge in [0.1, 0.15) is 0 Å². The summed E-state index contributed by atoms with van der Waals surface area (Å²) < 4.78 is 11.9. The summed E-state index contributed by atoms with van der Waals surface area (Å²) in [6, 6.07) is 12.8. The van der Waals surface area contributed by atoms with Gasteiger partial charge < -0.3 is 14.8 Å². The van der Waals surface area contributed by atoms with Gasteiger partial charge in [-0.2, -0.15) is 0 Å². The Kier molecular flexibility index (Phi) is 4.17. The van der Waals surface area contributed by atoms with E-state index in [4.69, 9.17) is 9.47 Å². The molecule has 0 aliphatic carbocycles. The van der Waals surface area contributed by atoms with Crippen molar-refractivity contribution < 1.29 is 9.47 Å². The average Bonchev–Trinajstić information content (AvgIpc) is 2.52.